The van der Waals surface area contributed by atoms with Gasteiger partial charge in [-0.3, -0.25) is 0 Å². The van der Waals surface area contributed by atoms with Gasteiger partial charge in [0.05, 0.1) is 44.1 Å². The molecule has 0 aromatic rings. The van der Waals surface area contributed by atoms with Gasteiger partial charge >= 0.3 is 0 Å². The Morgan fingerprint density at radius 3 is 2.60 bits per heavy atom. The molecule has 1 aliphatic carbocycles. The van der Waals surface area contributed by atoms with Crippen molar-refractivity contribution >= 4 is 0 Å². The molecule has 1 spiro atoms. The highest BCUT2D eigenvalue weighted by molar-refractivity contribution is 4.99. The van der Waals surface area contributed by atoms with Gasteiger partial charge in [0.25, 0.3) is 0 Å². The van der Waals surface area contributed by atoms with Crippen LogP contribution in [-0.2, 0) is 14.2 Å². The van der Waals surface area contributed by atoms with Gasteiger partial charge in [-0.2, -0.15) is 0 Å². The van der Waals surface area contributed by atoms with Crippen molar-refractivity contribution in [3.05, 3.63) is 11.6 Å². The maximum Gasteiger partial charge on any atom is 0.176 e. The van der Waals surface area contributed by atoms with Crippen LogP contribution in [0.2, 0.25) is 0 Å². The zero-order valence-corrected chi connectivity index (χ0v) is 12.5. The Kier molecular flexibility index (Phi) is 5.20. The predicted molar refractivity (Wildman–Crippen MR) is 74.2 cm³/mol. The summed E-state index contributed by atoms with van der Waals surface area (Å²) in [5.74, 6) is -1.18. The van der Waals surface area contributed by atoms with Crippen LogP contribution in [0.4, 0.5) is 0 Å². The van der Waals surface area contributed by atoms with Crippen molar-refractivity contribution in [1.82, 2.24) is 0 Å². The first-order valence-corrected chi connectivity index (χ1v) is 7.35. The molecule has 0 aromatic heterocycles. The second kappa shape index (κ2) is 6.54. The van der Waals surface area contributed by atoms with Crippen LogP contribution in [0.25, 0.3) is 0 Å². The normalized spacial score (nSPS) is 34.1. The quantitative estimate of drug-likeness (QED) is 0.761. The summed E-state index contributed by atoms with van der Waals surface area (Å²) in [7, 11) is 0. The highest BCUT2D eigenvalue weighted by Crippen LogP contribution is 2.43. The molecule has 1 saturated carbocycles. The number of hydrogen-bond acceptors (Lipinski definition) is 5. The Morgan fingerprint density at radius 2 is 2.00 bits per heavy atom. The maximum absolute atomic E-state index is 10.3. The van der Waals surface area contributed by atoms with E-state index in [1.54, 1.807) is 0 Å². The fourth-order valence-electron chi connectivity index (χ4n) is 3.10. The minimum atomic E-state index is -0.886. The maximum atomic E-state index is 10.3. The number of allylic oxidation sites excluding steroid dienone is 1. The fraction of sp³-hybridized carbons (Fsp3) is 0.867. The highest BCUT2D eigenvalue weighted by Gasteiger charge is 2.55. The van der Waals surface area contributed by atoms with Crippen LogP contribution in [0.5, 0.6) is 0 Å². The van der Waals surface area contributed by atoms with Crippen molar-refractivity contribution in [2.24, 2.45) is 5.92 Å². The summed E-state index contributed by atoms with van der Waals surface area (Å²) >= 11 is 0. The van der Waals surface area contributed by atoms with E-state index in [1.165, 1.54) is 5.57 Å². The molecule has 5 heteroatoms. The van der Waals surface area contributed by atoms with Crippen molar-refractivity contribution in [2.45, 2.75) is 57.7 Å². The molecule has 0 unspecified atom stereocenters. The number of aliphatic hydroxyl groups excluding tert-OH is 2. The average Bonchev–Trinajstić information content (AvgIpc) is 2.83. The van der Waals surface area contributed by atoms with E-state index in [1.807, 2.05) is 26.8 Å². The van der Waals surface area contributed by atoms with E-state index < -0.39 is 18.0 Å². The lowest BCUT2D eigenvalue weighted by atomic mass is 9.76. The van der Waals surface area contributed by atoms with E-state index in [9.17, 15) is 10.2 Å². The third-order valence-corrected chi connectivity index (χ3v) is 4.19. The summed E-state index contributed by atoms with van der Waals surface area (Å²) in [5, 5.41) is 20.3. The first-order valence-electron chi connectivity index (χ1n) is 7.35. The zero-order valence-electron chi connectivity index (χ0n) is 12.5. The predicted octanol–water partition coefficient (Wildman–Crippen LogP) is 1.23. The van der Waals surface area contributed by atoms with Crippen molar-refractivity contribution in [1.29, 1.82) is 0 Å². The van der Waals surface area contributed by atoms with Crippen LogP contribution < -0.4 is 0 Å². The lowest BCUT2D eigenvalue weighted by Gasteiger charge is -2.46. The number of aliphatic hydroxyl groups is 2. The van der Waals surface area contributed by atoms with Crippen LogP contribution in [-0.4, -0.2) is 54.1 Å². The van der Waals surface area contributed by atoms with Gasteiger partial charge in [0.2, 0.25) is 0 Å². The van der Waals surface area contributed by atoms with Gasteiger partial charge in [-0.15, -0.1) is 0 Å². The molecule has 2 fully saturated rings. The van der Waals surface area contributed by atoms with Crippen molar-refractivity contribution in [3.8, 4) is 0 Å². The second-order valence-corrected chi connectivity index (χ2v) is 5.95. The first-order chi connectivity index (χ1) is 9.46. The third-order valence-electron chi connectivity index (χ3n) is 4.19. The van der Waals surface area contributed by atoms with Gasteiger partial charge in [0, 0.05) is 6.42 Å². The molecule has 0 radical (unpaired) electrons. The summed E-state index contributed by atoms with van der Waals surface area (Å²) < 4.78 is 17.3. The fourth-order valence-corrected chi connectivity index (χ4v) is 3.10. The molecule has 0 aromatic carbocycles. The van der Waals surface area contributed by atoms with Crippen molar-refractivity contribution < 1.29 is 24.4 Å². The van der Waals surface area contributed by atoms with E-state index in [4.69, 9.17) is 14.2 Å². The van der Waals surface area contributed by atoms with Gasteiger partial charge in [-0.1, -0.05) is 11.6 Å². The van der Waals surface area contributed by atoms with Gasteiger partial charge in [0.1, 0.15) is 0 Å². The average molecular weight is 286 g/mol. The van der Waals surface area contributed by atoms with Gasteiger partial charge in [0.15, 0.2) is 5.79 Å². The topological polar surface area (TPSA) is 68.2 Å². The van der Waals surface area contributed by atoms with Gasteiger partial charge < -0.3 is 24.4 Å². The van der Waals surface area contributed by atoms with E-state index in [-0.39, 0.29) is 12.0 Å². The Hall–Kier alpha value is -0.460. The van der Waals surface area contributed by atoms with Crippen LogP contribution in [0.1, 0.15) is 33.6 Å². The molecule has 2 N–H and O–H groups in total. The summed E-state index contributed by atoms with van der Waals surface area (Å²) in [5.41, 5.74) is 1.18. The number of hydrogen-bond donors (Lipinski definition) is 2. The SMILES string of the molecule is CC(C)=CCO[C@@H](C)[C@H]1[C@H](O)[C@H](O)CCC12OCCO2. The first kappa shape index (κ1) is 15.9. The standard InChI is InChI=1S/C15H26O5/c1-10(2)5-7-18-11(3)13-14(17)12(16)4-6-15(13)19-8-9-20-15/h5,11-14,16-17H,4,6-9H2,1-3H3/t11-,12+,13-,14+/m0/s1. The lowest BCUT2D eigenvalue weighted by molar-refractivity contribution is -0.275. The van der Waals surface area contributed by atoms with Crippen molar-refractivity contribution in [2.75, 3.05) is 19.8 Å². The minimum absolute atomic E-state index is 0.256. The molecule has 20 heavy (non-hydrogen) atoms. The van der Waals surface area contributed by atoms with E-state index in [0.29, 0.717) is 32.7 Å². The molecule has 2 rings (SSSR count). The molecule has 2 aliphatic rings. The molecule has 5 nitrogen and oxygen atoms in total. The Morgan fingerprint density at radius 1 is 1.35 bits per heavy atom. The largest absolute Gasteiger partial charge is 0.390 e. The molecular formula is C15H26O5. The summed E-state index contributed by atoms with van der Waals surface area (Å²) in [4.78, 5) is 0. The summed E-state index contributed by atoms with van der Waals surface area (Å²) in [6, 6.07) is 0. The monoisotopic (exact) mass is 286 g/mol. The molecule has 0 bridgehead atoms. The highest BCUT2D eigenvalue weighted by atomic mass is 16.7. The van der Waals surface area contributed by atoms with Crippen LogP contribution in [0.15, 0.2) is 11.6 Å². The molecular weight excluding hydrogens is 260 g/mol. The molecule has 1 heterocycles. The Labute approximate surface area is 120 Å². The zero-order chi connectivity index (χ0) is 14.8. The lowest BCUT2D eigenvalue weighted by Crippen LogP contribution is -2.58. The van der Waals surface area contributed by atoms with Crippen LogP contribution in [0, 0.1) is 5.92 Å². The molecule has 0 amide bonds. The number of ether oxygens (including phenoxy) is 3. The number of rotatable bonds is 4. The van der Waals surface area contributed by atoms with Gasteiger partial charge in [-0.05, 0) is 27.2 Å². The van der Waals surface area contributed by atoms with E-state index >= 15 is 0 Å². The summed E-state index contributed by atoms with van der Waals surface area (Å²) in [6.45, 7) is 7.46. The molecule has 1 aliphatic heterocycles. The third kappa shape index (κ3) is 3.23. The van der Waals surface area contributed by atoms with E-state index in [2.05, 4.69) is 0 Å². The second-order valence-electron chi connectivity index (χ2n) is 5.95. The molecule has 116 valence electrons. The van der Waals surface area contributed by atoms with Crippen molar-refractivity contribution in [3.63, 3.8) is 0 Å². The van der Waals surface area contributed by atoms with Gasteiger partial charge in [-0.25, -0.2) is 0 Å². The molecule has 1 saturated heterocycles. The van der Waals surface area contributed by atoms with E-state index in [0.717, 1.165) is 0 Å². The Bertz CT molecular complexity index is 344. The summed E-state index contributed by atoms with van der Waals surface area (Å²) in [6.07, 6.45) is 1.18. The van der Waals surface area contributed by atoms with Crippen LogP contribution in [0.3, 0.4) is 0 Å². The Balaban J connectivity index is 2.08. The van der Waals surface area contributed by atoms with Crippen LogP contribution >= 0.6 is 0 Å². The molecule has 4 atom stereocenters. The smallest absolute Gasteiger partial charge is 0.176 e. The minimum Gasteiger partial charge on any atom is -0.390 e.